The predicted molar refractivity (Wildman–Crippen MR) is 222 cm³/mol. The van der Waals surface area contributed by atoms with Crippen molar-refractivity contribution in [2.45, 2.75) is 19.3 Å². The first kappa shape index (κ1) is 29.6. The molecule has 1 aliphatic rings. The number of furan rings is 1. The molecule has 3 heteroatoms. The average molecular weight is 684 g/mol. The molecular formula is C49H33NOS. The molecule has 0 N–H and O–H groups in total. The normalized spacial score (nSPS) is 13.3. The molecule has 246 valence electrons. The van der Waals surface area contributed by atoms with Gasteiger partial charge in [-0.2, -0.15) is 0 Å². The number of rotatable bonds is 4. The highest BCUT2D eigenvalue weighted by molar-refractivity contribution is 7.25. The van der Waals surface area contributed by atoms with Gasteiger partial charge in [0, 0.05) is 64.4 Å². The highest BCUT2D eigenvalue weighted by Gasteiger charge is 2.35. The second kappa shape index (κ2) is 10.9. The van der Waals surface area contributed by atoms with Crippen LogP contribution in [0.5, 0.6) is 0 Å². The van der Waals surface area contributed by atoms with Crippen LogP contribution in [0, 0.1) is 0 Å². The van der Waals surface area contributed by atoms with Crippen LogP contribution in [-0.4, -0.2) is 0 Å². The molecule has 0 aliphatic heterocycles. The SMILES string of the molecule is CC1(C)c2ccccc2-c2cc(N(c3cccc(-c4cccc5c4oc4c6ccccc6ccc54)c3)c3ccc4c(c3)sc3ccccc34)ccc21. The highest BCUT2D eigenvalue weighted by atomic mass is 32.1. The van der Waals surface area contributed by atoms with Crippen molar-refractivity contribution in [2.24, 2.45) is 0 Å². The Bertz CT molecular complexity index is 3070. The Hall–Kier alpha value is -6.16. The molecule has 0 saturated heterocycles. The van der Waals surface area contributed by atoms with E-state index in [-0.39, 0.29) is 5.41 Å². The third kappa shape index (κ3) is 4.23. The van der Waals surface area contributed by atoms with Crippen LogP contribution in [0.1, 0.15) is 25.0 Å². The lowest BCUT2D eigenvalue weighted by molar-refractivity contribution is 0.660. The molecule has 0 saturated carbocycles. The second-order valence-electron chi connectivity index (χ2n) is 14.5. The Morgan fingerprint density at radius 2 is 1.10 bits per heavy atom. The van der Waals surface area contributed by atoms with Gasteiger partial charge in [0.15, 0.2) is 0 Å². The Kier molecular flexibility index (Phi) is 6.21. The zero-order valence-corrected chi connectivity index (χ0v) is 29.7. The van der Waals surface area contributed by atoms with E-state index in [4.69, 9.17) is 4.42 Å². The topological polar surface area (TPSA) is 16.4 Å². The third-order valence-corrected chi connectivity index (χ3v) is 12.4. The molecule has 0 spiro atoms. The van der Waals surface area contributed by atoms with Crippen LogP contribution in [0.2, 0.25) is 0 Å². The van der Waals surface area contributed by atoms with Crippen LogP contribution in [0.3, 0.4) is 0 Å². The number of thiophene rings is 1. The van der Waals surface area contributed by atoms with Crippen LogP contribution < -0.4 is 4.90 Å². The van der Waals surface area contributed by atoms with Crippen molar-refractivity contribution in [1.82, 2.24) is 0 Å². The Morgan fingerprint density at radius 3 is 2.04 bits per heavy atom. The average Bonchev–Trinajstić information content (AvgIpc) is 3.83. The van der Waals surface area contributed by atoms with Gasteiger partial charge in [-0.25, -0.2) is 0 Å². The van der Waals surface area contributed by atoms with Crippen molar-refractivity contribution in [3.8, 4) is 22.3 Å². The molecule has 0 fully saturated rings. The van der Waals surface area contributed by atoms with E-state index in [2.05, 4.69) is 183 Å². The van der Waals surface area contributed by atoms with E-state index in [1.165, 1.54) is 47.8 Å². The van der Waals surface area contributed by atoms with Gasteiger partial charge in [-0.05, 0) is 81.7 Å². The number of benzene rings is 8. The van der Waals surface area contributed by atoms with Crippen molar-refractivity contribution in [3.63, 3.8) is 0 Å². The van der Waals surface area contributed by atoms with E-state index in [0.29, 0.717) is 0 Å². The number of anilines is 3. The molecule has 0 bridgehead atoms. The molecule has 0 amide bonds. The van der Waals surface area contributed by atoms with E-state index in [9.17, 15) is 0 Å². The van der Waals surface area contributed by atoms with Crippen molar-refractivity contribution in [1.29, 1.82) is 0 Å². The van der Waals surface area contributed by atoms with Gasteiger partial charge in [-0.1, -0.05) is 129 Å². The number of fused-ring (bicyclic) bond motifs is 11. The van der Waals surface area contributed by atoms with Crippen LogP contribution in [-0.2, 0) is 5.41 Å². The summed E-state index contributed by atoms with van der Waals surface area (Å²) in [5.41, 5.74) is 12.8. The van der Waals surface area contributed by atoms with Crippen LogP contribution in [0.25, 0.3) is 75.1 Å². The fourth-order valence-corrected chi connectivity index (χ4v) is 9.85. The maximum atomic E-state index is 6.79. The summed E-state index contributed by atoms with van der Waals surface area (Å²) < 4.78 is 9.38. The van der Waals surface area contributed by atoms with E-state index in [1.807, 2.05) is 11.3 Å². The first-order valence-corrected chi connectivity index (χ1v) is 18.7. The van der Waals surface area contributed by atoms with Gasteiger partial charge >= 0.3 is 0 Å². The second-order valence-corrected chi connectivity index (χ2v) is 15.6. The van der Waals surface area contributed by atoms with E-state index in [1.54, 1.807) is 0 Å². The fourth-order valence-electron chi connectivity index (χ4n) is 8.71. The fraction of sp³-hybridized carbons (Fsp3) is 0.0612. The number of hydrogen-bond acceptors (Lipinski definition) is 3. The highest BCUT2D eigenvalue weighted by Crippen LogP contribution is 2.51. The van der Waals surface area contributed by atoms with Crippen molar-refractivity contribution in [2.75, 3.05) is 4.90 Å². The molecule has 8 aromatic carbocycles. The van der Waals surface area contributed by atoms with Gasteiger partial charge in [-0.15, -0.1) is 11.3 Å². The summed E-state index contributed by atoms with van der Waals surface area (Å²) in [6.07, 6.45) is 0. The minimum absolute atomic E-state index is 0.0538. The summed E-state index contributed by atoms with van der Waals surface area (Å²) in [4.78, 5) is 2.42. The molecule has 2 heterocycles. The molecule has 10 aromatic rings. The molecule has 52 heavy (non-hydrogen) atoms. The largest absolute Gasteiger partial charge is 0.455 e. The quantitative estimate of drug-likeness (QED) is 0.184. The number of nitrogens with zero attached hydrogens (tertiary/aromatic N) is 1. The van der Waals surface area contributed by atoms with Crippen LogP contribution in [0.15, 0.2) is 168 Å². The predicted octanol–water partition coefficient (Wildman–Crippen LogP) is 14.6. The number of hydrogen-bond donors (Lipinski definition) is 0. The summed E-state index contributed by atoms with van der Waals surface area (Å²) >= 11 is 1.86. The smallest absolute Gasteiger partial charge is 0.143 e. The molecule has 2 nitrogen and oxygen atoms in total. The van der Waals surface area contributed by atoms with Crippen LogP contribution in [0.4, 0.5) is 17.1 Å². The third-order valence-electron chi connectivity index (χ3n) is 11.3. The summed E-state index contributed by atoms with van der Waals surface area (Å²) in [6, 6.07) is 59.9. The molecular weight excluding hydrogens is 651 g/mol. The van der Waals surface area contributed by atoms with Crippen molar-refractivity contribution in [3.05, 3.63) is 175 Å². The molecule has 11 rings (SSSR count). The van der Waals surface area contributed by atoms with Gasteiger partial charge in [0.1, 0.15) is 11.2 Å². The van der Waals surface area contributed by atoms with Gasteiger partial charge < -0.3 is 9.32 Å². The van der Waals surface area contributed by atoms with Crippen molar-refractivity contribution < 1.29 is 4.42 Å². The Labute approximate surface area is 305 Å². The molecule has 0 radical (unpaired) electrons. The zero-order valence-electron chi connectivity index (χ0n) is 28.9. The van der Waals surface area contributed by atoms with Gasteiger partial charge in [0.2, 0.25) is 0 Å². The molecule has 2 aromatic heterocycles. The maximum Gasteiger partial charge on any atom is 0.143 e. The Balaban J connectivity index is 1.12. The lowest BCUT2D eigenvalue weighted by atomic mass is 9.82. The minimum Gasteiger partial charge on any atom is -0.455 e. The summed E-state index contributed by atoms with van der Waals surface area (Å²) in [7, 11) is 0. The molecule has 0 atom stereocenters. The van der Waals surface area contributed by atoms with Gasteiger partial charge in [0.25, 0.3) is 0 Å². The Morgan fingerprint density at radius 1 is 0.442 bits per heavy atom. The lowest BCUT2D eigenvalue weighted by Crippen LogP contribution is -2.15. The summed E-state index contributed by atoms with van der Waals surface area (Å²) in [5, 5.41) is 7.21. The standard InChI is InChI=1S/C49H33NOS/c1-49(2)43-19-7-5-15-37(43)42-28-33(23-26-44(42)49)50(34-22-25-39-38-16-6-8-20-45(38)52-46(39)29-34)32-13-9-12-31(27-32)36-17-10-18-40-41-24-21-30-11-3-4-14-35(30)47(41)51-48(36)40/h3-29H,1-2H3. The van der Waals surface area contributed by atoms with E-state index < -0.39 is 0 Å². The zero-order chi connectivity index (χ0) is 34.6. The monoisotopic (exact) mass is 683 g/mol. The maximum absolute atomic E-state index is 6.79. The minimum atomic E-state index is -0.0538. The van der Waals surface area contributed by atoms with E-state index >= 15 is 0 Å². The van der Waals surface area contributed by atoms with Gasteiger partial charge in [0.05, 0.1) is 0 Å². The van der Waals surface area contributed by atoms with E-state index in [0.717, 1.165) is 55.5 Å². The summed E-state index contributed by atoms with van der Waals surface area (Å²) in [6.45, 7) is 4.69. The van der Waals surface area contributed by atoms with Gasteiger partial charge in [-0.3, -0.25) is 0 Å². The van der Waals surface area contributed by atoms with Crippen LogP contribution >= 0.6 is 11.3 Å². The number of para-hydroxylation sites is 1. The first-order chi connectivity index (χ1) is 25.5. The summed E-state index contributed by atoms with van der Waals surface area (Å²) in [5.74, 6) is 0. The molecule has 0 unspecified atom stereocenters. The molecule has 1 aliphatic carbocycles. The lowest BCUT2D eigenvalue weighted by Gasteiger charge is -2.27. The first-order valence-electron chi connectivity index (χ1n) is 17.9. The van der Waals surface area contributed by atoms with Crippen molar-refractivity contribution >= 4 is 81.3 Å².